The Hall–Kier alpha value is -2.48. The predicted molar refractivity (Wildman–Crippen MR) is 101 cm³/mol. The van der Waals surface area contributed by atoms with E-state index < -0.39 is 26.3 Å². The molecule has 0 aliphatic heterocycles. The topological polar surface area (TPSA) is 89.6 Å². The fourth-order valence-electron chi connectivity index (χ4n) is 2.31. The lowest BCUT2D eigenvalue weighted by Crippen LogP contribution is -2.03. The van der Waals surface area contributed by atoms with Crippen LogP contribution in [-0.4, -0.2) is 13.5 Å². The minimum absolute atomic E-state index is 0.0714. The van der Waals surface area contributed by atoms with Gasteiger partial charge in [-0.1, -0.05) is 23.2 Å². The van der Waals surface area contributed by atoms with Gasteiger partial charge in [-0.2, -0.15) is 0 Å². The van der Waals surface area contributed by atoms with Gasteiger partial charge < -0.3 is 15.6 Å². The number of ether oxygens (including phenoxy) is 1. The Morgan fingerprint density at radius 2 is 1.56 bits per heavy atom. The Labute approximate surface area is 164 Å². The number of halogens is 3. The van der Waals surface area contributed by atoms with Crippen molar-refractivity contribution < 1.29 is 22.7 Å². The van der Waals surface area contributed by atoms with Crippen LogP contribution >= 0.6 is 23.2 Å². The number of rotatable bonds is 4. The minimum Gasteiger partial charge on any atom is -0.507 e. The van der Waals surface area contributed by atoms with Gasteiger partial charge in [0.05, 0.1) is 14.9 Å². The van der Waals surface area contributed by atoms with Crippen molar-refractivity contribution in [3.63, 3.8) is 0 Å². The number of benzene rings is 3. The van der Waals surface area contributed by atoms with Crippen LogP contribution in [0, 0.1) is 5.82 Å². The predicted octanol–water partition coefficient (Wildman–Crippen LogP) is 5.05. The molecular weight excluding hydrogens is 416 g/mol. The average Bonchev–Trinajstić information content (AvgIpc) is 2.59. The number of aromatic hydroxyl groups is 1. The van der Waals surface area contributed by atoms with Crippen LogP contribution in [0.25, 0.3) is 0 Å². The molecule has 27 heavy (non-hydrogen) atoms. The van der Waals surface area contributed by atoms with Gasteiger partial charge in [-0.15, -0.1) is 0 Å². The Morgan fingerprint density at radius 1 is 0.963 bits per heavy atom. The normalized spacial score (nSPS) is 11.4. The highest BCUT2D eigenvalue weighted by atomic mass is 35.5. The lowest BCUT2D eigenvalue weighted by Gasteiger charge is -2.13. The van der Waals surface area contributed by atoms with E-state index in [1.807, 2.05) is 0 Å². The first kappa shape index (κ1) is 19.3. The summed E-state index contributed by atoms with van der Waals surface area (Å²) in [5, 5.41) is 10.3. The van der Waals surface area contributed by atoms with E-state index in [1.54, 1.807) is 0 Å². The lowest BCUT2D eigenvalue weighted by atomic mass is 10.3. The maximum absolute atomic E-state index is 13.1. The summed E-state index contributed by atoms with van der Waals surface area (Å²) >= 11 is 12.1. The van der Waals surface area contributed by atoms with Crippen LogP contribution in [0.15, 0.2) is 64.4 Å². The van der Waals surface area contributed by atoms with Crippen LogP contribution in [0.2, 0.25) is 10.0 Å². The van der Waals surface area contributed by atoms with E-state index in [9.17, 15) is 17.9 Å². The highest BCUT2D eigenvalue weighted by molar-refractivity contribution is 7.91. The van der Waals surface area contributed by atoms with Gasteiger partial charge in [-0.3, -0.25) is 0 Å². The number of sulfone groups is 1. The van der Waals surface area contributed by atoms with Crippen molar-refractivity contribution >= 4 is 38.7 Å². The number of nitrogen functional groups attached to an aromatic ring is 1. The summed E-state index contributed by atoms with van der Waals surface area (Å²) in [6.07, 6.45) is 0. The molecule has 0 atom stereocenters. The number of hydrogen-bond donors (Lipinski definition) is 2. The third kappa shape index (κ3) is 3.95. The molecule has 0 saturated heterocycles. The van der Waals surface area contributed by atoms with Crippen molar-refractivity contribution in [1.29, 1.82) is 0 Å². The molecule has 0 radical (unpaired) electrons. The summed E-state index contributed by atoms with van der Waals surface area (Å²) in [6, 6.07) is 10.7. The van der Waals surface area contributed by atoms with Gasteiger partial charge in [0.15, 0.2) is 5.75 Å². The quantitative estimate of drug-likeness (QED) is 0.449. The molecule has 0 heterocycles. The molecule has 5 nitrogen and oxygen atoms in total. The number of phenolic OH excluding ortho intramolecular Hbond substituents is 1. The van der Waals surface area contributed by atoms with Crippen molar-refractivity contribution in [3.05, 3.63) is 70.5 Å². The van der Waals surface area contributed by atoms with Crippen LogP contribution in [0.3, 0.4) is 0 Å². The van der Waals surface area contributed by atoms with Gasteiger partial charge in [0.2, 0.25) is 9.84 Å². The molecule has 3 aromatic carbocycles. The zero-order chi connectivity index (χ0) is 19.8. The highest BCUT2D eigenvalue weighted by Gasteiger charge is 2.23. The largest absolute Gasteiger partial charge is 0.507 e. The molecule has 9 heteroatoms. The van der Waals surface area contributed by atoms with Crippen molar-refractivity contribution in [2.75, 3.05) is 5.73 Å². The molecule has 140 valence electrons. The summed E-state index contributed by atoms with van der Waals surface area (Å²) in [5.74, 6) is -0.908. The van der Waals surface area contributed by atoms with Crippen LogP contribution < -0.4 is 10.5 Å². The van der Waals surface area contributed by atoms with Gasteiger partial charge in [0.1, 0.15) is 22.2 Å². The standard InChI is InChI=1S/C18H12Cl2FNO4S/c19-14-7-11(22)8-15(20)18(14)26-12-3-6-16(23)17(9-12)27(24,25)13-4-1-10(21)2-5-13/h1-9,23H,22H2. The molecule has 3 rings (SSSR count). The van der Waals surface area contributed by atoms with E-state index >= 15 is 0 Å². The van der Waals surface area contributed by atoms with Gasteiger partial charge in [-0.05, 0) is 48.5 Å². The Kier molecular flexibility index (Phi) is 5.19. The van der Waals surface area contributed by atoms with Gasteiger partial charge in [0.25, 0.3) is 0 Å². The number of phenols is 1. The summed E-state index contributed by atoms with van der Waals surface area (Å²) in [5.41, 5.74) is 5.97. The second-order valence-corrected chi connectivity index (χ2v) is 8.24. The molecule has 0 aliphatic carbocycles. The van der Waals surface area contributed by atoms with E-state index in [4.69, 9.17) is 33.7 Å². The van der Waals surface area contributed by atoms with E-state index in [2.05, 4.69) is 0 Å². The molecule has 0 fully saturated rings. The first-order valence-corrected chi connectivity index (χ1v) is 9.68. The first-order chi connectivity index (χ1) is 12.7. The van der Waals surface area contributed by atoms with Crippen LogP contribution in [0.5, 0.6) is 17.2 Å². The van der Waals surface area contributed by atoms with Gasteiger partial charge >= 0.3 is 0 Å². The van der Waals surface area contributed by atoms with Crippen LogP contribution in [0.1, 0.15) is 0 Å². The van der Waals surface area contributed by atoms with E-state index in [0.29, 0.717) is 5.69 Å². The van der Waals surface area contributed by atoms with Crippen molar-refractivity contribution in [1.82, 2.24) is 0 Å². The molecule has 0 bridgehead atoms. The monoisotopic (exact) mass is 427 g/mol. The molecule has 0 amide bonds. The molecule has 0 unspecified atom stereocenters. The van der Waals surface area contributed by atoms with Crippen LogP contribution in [-0.2, 0) is 9.84 Å². The molecule has 0 spiro atoms. The maximum atomic E-state index is 13.1. The number of nitrogens with two attached hydrogens (primary N) is 1. The second kappa shape index (κ2) is 7.26. The molecule has 0 saturated carbocycles. The van der Waals surface area contributed by atoms with E-state index in [-0.39, 0.29) is 26.4 Å². The van der Waals surface area contributed by atoms with Crippen molar-refractivity contribution in [2.45, 2.75) is 9.79 Å². The SMILES string of the molecule is Nc1cc(Cl)c(Oc2ccc(O)c(S(=O)(=O)c3ccc(F)cc3)c2)c(Cl)c1. The summed E-state index contributed by atoms with van der Waals surface area (Å²) in [6.45, 7) is 0. The fourth-order valence-corrected chi connectivity index (χ4v) is 4.25. The molecular formula is C18H12Cl2FNO4S. The van der Waals surface area contributed by atoms with E-state index in [0.717, 1.165) is 36.4 Å². The molecule has 3 N–H and O–H groups in total. The average molecular weight is 428 g/mol. The summed E-state index contributed by atoms with van der Waals surface area (Å²) in [4.78, 5) is -0.589. The smallest absolute Gasteiger partial charge is 0.210 e. The third-order valence-corrected chi connectivity index (χ3v) is 5.95. The fraction of sp³-hybridized carbons (Fsp3) is 0. The highest BCUT2D eigenvalue weighted by Crippen LogP contribution is 2.40. The zero-order valence-electron chi connectivity index (χ0n) is 13.5. The van der Waals surface area contributed by atoms with Gasteiger partial charge in [-0.25, -0.2) is 12.8 Å². The number of hydrogen-bond acceptors (Lipinski definition) is 5. The second-order valence-electron chi connectivity index (χ2n) is 5.50. The molecule has 0 aliphatic rings. The molecule has 0 aromatic heterocycles. The summed E-state index contributed by atoms with van der Waals surface area (Å²) in [7, 11) is -4.11. The first-order valence-electron chi connectivity index (χ1n) is 7.44. The number of anilines is 1. The lowest BCUT2D eigenvalue weighted by molar-refractivity contribution is 0.448. The Morgan fingerprint density at radius 3 is 2.15 bits per heavy atom. The minimum atomic E-state index is -4.11. The molecule has 3 aromatic rings. The summed E-state index contributed by atoms with van der Waals surface area (Å²) < 4.78 is 44.1. The van der Waals surface area contributed by atoms with E-state index in [1.165, 1.54) is 18.2 Å². The van der Waals surface area contributed by atoms with Gasteiger partial charge in [0, 0.05) is 11.8 Å². The Balaban J connectivity index is 2.04. The Bertz CT molecular complexity index is 1100. The zero-order valence-corrected chi connectivity index (χ0v) is 15.8. The third-order valence-electron chi connectivity index (χ3n) is 3.59. The van der Waals surface area contributed by atoms with Crippen LogP contribution in [0.4, 0.5) is 10.1 Å². The maximum Gasteiger partial charge on any atom is 0.210 e. The van der Waals surface area contributed by atoms with Crippen molar-refractivity contribution in [2.24, 2.45) is 0 Å². The van der Waals surface area contributed by atoms with Crippen molar-refractivity contribution in [3.8, 4) is 17.2 Å².